The van der Waals surface area contributed by atoms with E-state index < -0.39 is 23.9 Å². The molecule has 4 rings (SSSR count). The Hall–Kier alpha value is -6.07. The predicted molar refractivity (Wildman–Crippen MR) is 170 cm³/mol. The van der Waals surface area contributed by atoms with Gasteiger partial charge in [0.2, 0.25) is 23.2 Å². The summed E-state index contributed by atoms with van der Waals surface area (Å²) in [7, 11) is 4.86. The average molecular weight is 685 g/mol. The van der Waals surface area contributed by atoms with Crippen LogP contribution in [0.25, 0.3) is 0 Å². The van der Waals surface area contributed by atoms with Crippen LogP contribution < -0.4 is 14.2 Å². The van der Waals surface area contributed by atoms with E-state index >= 15 is 0 Å². The van der Waals surface area contributed by atoms with Crippen molar-refractivity contribution in [3.8, 4) is 17.2 Å². The van der Waals surface area contributed by atoms with Gasteiger partial charge in [-0.15, -0.1) is 0 Å². The Morgan fingerprint density at radius 3 is 1.63 bits per heavy atom. The van der Waals surface area contributed by atoms with Crippen LogP contribution in [0, 0.1) is 0 Å². The molecule has 0 unspecified atom stereocenters. The first-order valence-corrected chi connectivity index (χ1v) is 14.3. The summed E-state index contributed by atoms with van der Waals surface area (Å²) in [5.74, 6) is -2.78. The van der Waals surface area contributed by atoms with Crippen LogP contribution in [-0.2, 0) is 32.3 Å². The summed E-state index contributed by atoms with van der Waals surface area (Å²) in [4.78, 5) is 59.6. The van der Waals surface area contributed by atoms with Crippen molar-refractivity contribution in [1.29, 1.82) is 0 Å². The zero-order valence-corrected chi connectivity index (χ0v) is 26.8. The molecule has 17 nitrogen and oxygen atoms in total. The number of carboxylic acid groups (broad SMARTS) is 4. The van der Waals surface area contributed by atoms with Crippen molar-refractivity contribution in [3.05, 3.63) is 89.6 Å². The highest BCUT2D eigenvalue weighted by molar-refractivity contribution is 6.06. The van der Waals surface area contributed by atoms with Crippen LogP contribution in [0.5, 0.6) is 17.2 Å². The van der Waals surface area contributed by atoms with Gasteiger partial charge in [0.05, 0.1) is 27.9 Å². The molecule has 49 heavy (non-hydrogen) atoms. The molecule has 0 atom stereocenters. The molecule has 0 aliphatic carbocycles. The zero-order valence-electron chi connectivity index (χ0n) is 26.8. The second kappa shape index (κ2) is 20.2. The third kappa shape index (κ3) is 13.7. The number of methoxy groups -OCH3 is 3. The normalized spacial score (nSPS) is 13.0. The fraction of sp³-hybridized carbons (Fsp3) is 0.281. The van der Waals surface area contributed by atoms with E-state index in [-0.39, 0.29) is 11.6 Å². The van der Waals surface area contributed by atoms with Gasteiger partial charge in [0.1, 0.15) is 0 Å². The summed E-state index contributed by atoms with van der Waals surface area (Å²) in [5.41, 5.74) is 1.59. The van der Waals surface area contributed by atoms with Crippen LogP contribution in [0.4, 0.5) is 0 Å². The third-order valence-electron chi connectivity index (χ3n) is 6.45. The first-order valence-electron chi connectivity index (χ1n) is 14.3. The maximum Gasteiger partial charge on any atom is 0.328 e. The van der Waals surface area contributed by atoms with Crippen molar-refractivity contribution in [2.75, 3.05) is 47.5 Å². The number of benzene rings is 2. The van der Waals surface area contributed by atoms with Crippen LogP contribution in [-0.4, -0.2) is 118 Å². The van der Waals surface area contributed by atoms with Crippen molar-refractivity contribution >= 4 is 29.7 Å². The minimum absolute atomic E-state index is 0.0929. The first-order chi connectivity index (χ1) is 23.4. The Balaban J connectivity index is 0.000000432. The highest BCUT2D eigenvalue weighted by Crippen LogP contribution is 2.40. The molecule has 1 aromatic heterocycles. The number of ether oxygens (including phenoxy) is 3. The molecule has 0 saturated carbocycles. The lowest BCUT2D eigenvalue weighted by molar-refractivity contribution is -0.134. The Morgan fingerprint density at radius 2 is 1.18 bits per heavy atom. The maximum atomic E-state index is 12.5. The number of carbonyl (C=O) groups excluding carboxylic acids is 1. The topological polar surface area (TPSA) is 239 Å². The lowest BCUT2D eigenvalue weighted by atomic mass is 10.1. The number of aromatic nitrogens is 2. The second-order valence-electron chi connectivity index (χ2n) is 9.77. The molecule has 4 N–H and O–H groups in total. The molecule has 2 heterocycles. The van der Waals surface area contributed by atoms with E-state index in [0.717, 1.165) is 38.3 Å². The van der Waals surface area contributed by atoms with Gasteiger partial charge in [-0.05, 0) is 6.07 Å². The standard InChI is InChI=1S/C24H28N4O5.2C4H4O4/c1-30-19-10-9-18(22(31-2)23(19)32-3)15-27-11-13-28(14-12-27)16-20-25-24(26-33-20)21(29)17-7-5-4-6-8-17;2*5-3(6)1-2-4(7)8/h4-10H,11-16H2,1-3H3;2*1-2H,(H,5,6)(H,7,8)/b;2*2-1-. The van der Waals surface area contributed by atoms with E-state index in [1.165, 1.54) is 0 Å². The van der Waals surface area contributed by atoms with Gasteiger partial charge in [0.15, 0.2) is 11.5 Å². The molecule has 3 aromatic rings. The fourth-order valence-corrected chi connectivity index (χ4v) is 4.24. The van der Waals surface area contributed by atoms with Gasteiger partial charge in [-0.1, -0.05) is 41.6 Å². The molecule has 0 spiro atoms. The van der Waals surface area contributed by atoms with E-state index in [9.17, 15) is 24.0 Å². The summed E-state index contributed by atoms with van der Waals surface area (Å²) in [6.07, 6.45) is 2.23. The second-order valence-corrected chi connectivity index (χ2v) is 9.77. The summed E-state index contributed by atoms with van der Waals surface area (Å²) in [5, 5.41) is 35.1. The van der Waals surface area contributed by atoms with E-state index in [2.05, 4.69) is 19.9 Å². The SMILES string of the molecule is COc1ccc(CN2CCN(Cc3nc(C(=O)c4ccccc4)no3)CC2)c(OC)c1OC.O=C(O)/C=C\C(=O)O.O=C(O)/C=C\C(=O)O. The number of carboxylic acids is 4. The molecule has 1 aliphatic heterocycles. The lowest BCUT2D eigenvalue weighted by Crippen LogP contribution is -2.45. The molecule has 2 aromatic carbocycles. The van der Waals surface area contributed by atoms with Crippen LogP contribution in [0.2, 0.25) is 0 Å². The predicted octanol–water partition coefficient (Wildman–Crippen LogP) is 2.07. The van der Waals surface area contributed by atoms with Crippen LogP contribution in [0.15, 0.2) is 71.3 Å². The highest BCUT2D eigenvalue weighted by atomic mass is 16.5. The van der Waals surface area contributed by atoms with Crippen LogP contribution in [0.3, 0.4) is 0 Å². The first kappa shape index (κ1) is 39.1. The summed E-state index contributed by atoms with van der Waals surface area (Å²) in [6.45, 7) is 4.71. The van der Waals surface area contributed by atoms with Gasteiger partial charge in [-0.2, -0.15) is 4.98 Å². The molecule has 0 bridgehead atoms. The maximum absolute atomic E-state index is 12.5. The molecule has 1 fully saturated rings. The smallest absolute Gasteiger partial charge is 0.328 e. The monoisotopic (exact) mass is 684 g/mol. The summed E-state index contributed by atoms with van der Waals surface area (Å²) in [6, 6.07) is 12.9. The number of ketones is 1. The molecule has 262 valence electrons. The number of carbonyl (C=O) groups is 5. The van der Waals surface area contributed by atoms with E-state index in [0.29, 0.717) is 59.6 Å². The molecule has 0 amide bonds. The molecule has 1 saturated heterocycles. The van der Waals surface area contributed by atoms with Crippen molar-refractivity contribution < 1.29 is 63.1 Å². The molecule has 1 aliphatic rings. The van der Waals surface area contributed by atoms with Gasteiger partial charge in [0, 0.05) is 68.2 Å². The Kier molecular flexibility index (Phi) is 16.1. The molecular formula is C32H36N4O13. The lowest BCUT2D eigenvalue weighted by Gasteiger charge is -2.34. The zero-order chi connectivity index (χ0) is 36.3. The van der Waals surface area contributed by atoms with Crippen molar-refractivity contribution in [2.24, 2.45) is 0 Å². The van der Waals surface area contributed by atoms with Gasteiger partial charge in [-0.3, -0.25) is 14.6 Å². The minimum atomic E-state index is -1.26. The summed E-state index contributed by atoms with van der Waals surface area (Å²) >= 11 is 0. The van der Waals surface area contributed by atoms with Crippen molar-refractivity contribution in [2.45, 2.75) is 13.1 Å². The van der Waals surface area contributed by atoms with Crippen LogP contribution in [0.1, 0.15) is 27.6 Å². The largest absolute Gasteiger partial charge is 0.493 e. The van der Waals surface area contributed by atoms with Gasteiger partial charge >= 0.3 is 23.9 Å². The quantitative estimate of drug-likeness (QED) is 0.149. The highest BCUT2D eigenvalue weighted by Gasteiger charge is 2.23. The molecular weight excluding hydrogens is 648 g/mol. The number of hydrogen-bond donors (Lipinski definition) is 4. The number of hydrogen-bond acceptors (Lipinski definition) is 13. The molecule has 17 heteroatoms. The Labute approximate surface area is 280 Å². The van der Waals surface area contributed by atoms with E-state index in [4.69, 9.17) is 39.2 Å². The summed E-state index contributed by atoms with van der Waals surface area (Å²) < 4.78 is 21.8. The van der Waals surface area contributed by atoms with E-state index in [1.54, 1.807) is 33.5 Å². The van der Waals surface area contributed by atoms with Crippen LogP contribution >= 0.6 is 0 Å². The van der Waals surface area contributed by atoms with Gasteiger partial charge in [-0.25, -0.2) is 19.2 Å². The fourth-order valence-electron chi connectivity index (χ4n) is 4.24. The Bertz CT molecular complexity index is 1560. The number of nitrogens with zero attached hydrogens (tertiary/aromatic N) is 4. The molecule has 0 radical (unpaired) electrons. The van der Waals surface area contributed by atoms with Crippen molar-refractivity contribution in [3.63, 3.8) is 0 Å². The van der Waals surface area contributed by atoms with Gasteiger partial charge < -0.3 is 39.2 Å². The van der Waals surface area contributed by atoms with E-state index in [1.807, 2.05) is 30.3 Å². The minimum Gasteiger partial charge on any atom is -0.493 e. The number of piperazine rings is 1. The Morgan fingerprint density at radius 1 is 0.694 bits per heavy atom. The number of aliphatic carboxylic acids is 4. The van der Waals surface area contributed by atoms with Gasteiger partial charge in [0.25, 0.3) is 0 Å². The van der Waals surface area contributed by atoms with Crippen molar-refractivity contribution in [1.82, 2.24) is 19.9 Å². The number of rotatable bonds is 13. The average Bonchev–Trinajstić information content (AvgIpc) is 3.56. The third-order valence-corrected chi connectivity index (χ3v) is 6.45.